The number of hydrogen-bond donors (Lipinski definition) is 1. The fraction of sp³-hybridized carbons (Fsp3) is 0.500. The Labute approximate surface area is 142 Å². The van der Waals surface area contributed by atoms with Gasteiger partial charge in [-0.25, -0.2) is 4.68 Å². The summed E-state index contributed by atoms with van der Waals surface area (Å²) in [6.07, 6.45) is -0.305. The predicted octanol–water partition coefficient (Wildman–Crippen LogP) is 2.79. The lowest BCUT2D eigenvalue weighted by atomic mass is 10.1. The molecule has 25 heavy (non-hydrogen) atoms. The van der Waals surface area contributed by atoms with Crippen LogP contribution in [0.2, 0.25) is 0 Å². The number of nitrogens with two attached hydrogens (primary N) is 1. The molecule has 0 aliphatic carbocycles. The van der Waals surface area contributed by atoms with Crippen LogP contribution in [0.15, 0.2) is 24.4 Å². The predicted molar refractivity (Wildman–Crippen MR) is 82.6 cm³/mol. The van der Waals surface area contributed by atoms with Gasteiger partial charge in [-0.05, 0) is 37.0 Å². The van der Waals surface area contributed by atoms with Gasteiger partial charge in [-0.15, -0.1) is 5.10 Å². The maximum Gasteiger partial charge on any atom is 0.416 e. The second-order valence-corrected chi connectivity index (χ2v) is 5.80. The molecule has 0 bridgehead atoms. The molecule has 2 heterocycles. The van der Waals surface area contributed by atoms with Crippen molar-refractivity contribution in [3.05, 3.63) is 41.2 Å². The fourth-order valence-electron chi connectivity index (χ4n) is 2.66. The third-order valence-corrected chi connectivity index (χ3v) is 3.98. The summed E-state index contributed by atoms with van der Waals surface area (Å²) >= 11 is 0. The van der Waals surface area contributed by atoms with Crippen molar-refractivity contribution in [3.63, 3.8) is 0 Å². The molecule has 0 saturated carbocycles. The average Bonchev–Trinajstić information content (AvgIpc) is 3.08. The maximum atomic E-state index is 13.1. The SMILES string of the molecule is NCc1ccc(-n2cc(COC3CCCCO3)nn2)cc1C(F)(F)F. The second kappa shape index (κ2) is 7.51. The third kappa shape index (κ3) is 4.36. The lowest BCUT2D eigenvalue weighted by Gasteiger charge is -2.22. The van der Waals surface area contributed by atoms with Crippen LogP contribution in [0, 0.1) is 0 Å². The molecule has 2 N–H and O–H groups in total. The van der Waals surface area contributed by atoms with E-state index in [1.807, 2.05) is 0 Å². The molecule has 1 aliphatic rings. The Balaban J connectivity index is 1.73. The van der Waals surface area contributed by atoms with Gasteiger partial charge in [0.15, 0.2) is 6.29 Å². The van der Waals surface area contributed by atoms with Crippen LogP contribution in [-0.2, 0) is 28.8 Å². The Morgan fingerprint density at radius 1 is 1.32 bits per heavy atom. The van der Waals surface area contributed by atoms with Gasteiger partial charge in [0.25, 0.3) is 0 Å². The van der Waals surface area contributed by atoms with E-state index >= 15 is 0 Å². The van der Waals surface area contributed by atoms with Crippen molar-refractivity contribution in [1.29, 1.82) is 0 Å². The summed E-state index contributed by atoms with van der Waals surface area (Å²) in [6, 6.07) is 3.90. The van der Waals surface area contributed by atoms with E-state index < -0.39 is 11.7 Å². The summed E-state index contributed by atoms with van der Waals surface area (Å²) in [5.74, 6) is 0. The molecular weight excluding hydrogens is 337 g/mol. The van der Waals surface area contributed by atoms with E-state index in [9.17, 15) is 13.2 Å². The zero-order valence-electron chi connectivity index (χ0n) is 13.5. The van der Waals surface area contributed by atoms with Crippen LogP contribution in [0.1, 0.15) is 36.1 Å². The van der Waals surface area contributed by atoms with Crippen LogP contribution in [0.4, 0.5) is 13.2 Å². The summed E-state index contributed by atoms with van der Waals surface area (Å²) in [7, 11) is 0. The van der Waals surface area contributed by atoms with Crippen LogP contribution >= 0.6 is 0 Å². The van der Waals surface area contributed by atoms with Crippen molar-refractivity contribution >= 4 is 0 Å². The zero-order chi connectivity index (χ0) is 17.9. The molecule has 1 fully saturated rings. The molecule has 0 spiro atoms. The Morgan fingerprint density at radius 2 is 2.16 bits per heavy atom. The van der Waals surface area contributed by atoms with Crippen molar-refractivity contribution < 1.29 is 22.6 Å². The highest BCUT2D eigenvalue weighted by Gasteiger charge is 2.33. The Bertz CT molecular complexity index is 712. The number of aromatic nitrogens is 3. The smallest absolute Gasteiger partial charge is 0.353 e. The van der Waals surface area contributed by atoms with Crippen molar-refractivity contribution in [1.82, 2.24) is 15.0 Å². The number of nitrogens with zero attached hydrogens (tertiary/aromatic N) is 3. The van der Waals surface area contributed by atoms with Gasteiger partial charge in [0.05, 0.1) is 24.1 Å². The fourth-order valence-corrected chi connectivity index (χ4v) is 2.66. The van der Waals surface area contributed by atoms with Gasteiger partial charge in [0.1, 0.15) is 5.69 Å². The Hall–Kier alpha value is -1.97. The first kappa shape index (κ1) is 17.8. The number of hydrogen-bond acceptors (Lipinski definition) is 5. The summed E-state index contributed by atoms with van der Waals surface area (Å²) in [5.41, 5.74) is 5.44. The molecule has 2 aromatic rings. The van der Waals surface area contributed by atoms with Gasteiger partial charge in [-0.3, -0.25) is 0 Å². The summed E-state index contributed by atoms with van der Waals surface area (Å²) in [6.45, 7) is 0.676. The van der Waals surface area contributed by atoms with Gasteiger partial charge in [0, 0.05) is 13.2 Å². The molecule has 1 atom stereocenters. The van der Waals surface area contributed by atoms with E-state index in [0.29, 0.717) is 12.3 Å². The lowest BCUT2D eigenvalue weighted by molar-refractivity contribution is -0.169. The van der Waals surface area contributed by atoms with E-state index in [4.69, 9.17) is 15.2 Å². The van der Waals surface area contributed by atoms with E-state index in [2.05, 4.69) is 10.3 Å². The lowest BCUT2D eigenvalue weighted by Crippen LogP contribution is -2.22. The minimum atomic E-state index is -4.48. The zero-order valence-corrected chi connectivity index (χ0v) is 13.5. The molecule has 1 aromatic carbocycles. The van der Waals surface area contributed by atoms with Crippen molar-refractivity contribution in [2.45, 2.75) is 44.9 Å². The van der Waals surface area contributed by atoms with Gasteiger partial charge in [-0.1, -0.05) is 11.3 Å². The number of rotatable bonds is 5. The normalized spacial score (nSPS) is 18.5. The summed E-state index contributed by atoms with van der Waals surface area (Å²) < 4.78 is 51.7. The van der Waals surface area contributed by atoms with Gasteiger partial charge >= 0.3 is 6.18 Å². The highest BCUT2D eigenvalue weighted by Crippen LogP contribution is 2.33. The largest absolute Gasteiger partial charge is 0.416 e. The molecule has 1 aliphatic heterocycles. The maximum absolute atomic E-state index is 13.1. The Kier molecular flexibility index (Phi) is 5.36. The van der Waals surface area contributed by atoms with Crippen LogP contribution in [0.25, 0.3) is 5.69 Å². The number of benzene rings is 1. The van der Waals surface area contributed by atoms with Crippen LogP contribution in [-0.4, -0.2) is 27.9 Å². The highest BCUT2D eigenvalue weighted by molar-refractivity contribution is 5.41. The summed E-state index contributed by atoms with van der Waals surface area (Å²) in [4.78, 5) is 0. The molecule has 0 radical (unpaired) electrons. The molecule has 1 aromatic heterocycles. The molecule has 6 nitrogen and oxygen atoms in total. The molecule has 9 heteroatoms. The number of alkyl halides is 3. The highest BCUT2D eigenvalue weighted by atomic mass is 19.4. The Morgan fingerprint density at radius 3 is 2.84 bits per heavy atom. The van der Waals surface area contributed by atoms with Crippen LogP contribution < -0.4 is 5.73 Å². The van der Waals surface area contributed by atoms with E-state index in [1.54, 1.807) is 6.20 Å². The van der Waals surface area contributed by atoms with Crippen molar-refractivity contribution in [3.8, 4) is 5.69 Å². The van der Waals surface area contributed by atoms with Crippen LogP contribution in [0.3, 0.4) is 0 Å². The van der Waals surface area contributed by atoms with E-state index in [1.165, 1.54) is 16.8 Å². The molecular formula is C16H19F3N4O2. The minimum absolute atomic E-state index is 0.0365. The van der Waals surface area contributed by atoms with Gasteiger partial charge < -0.3 is 15.2 Å². The minimum Gasteiger partial charge on any atom is -0.353 e. The van der Waals surface area contributed by atoms with Gasteiger partial charge in [0.2, 0.25) is 0 Å². The van der Waals surface area contributed by atoms with E-state index in [-0.39, 0.29) is 30.7 Å². The molecule has 1 unspecified atom stereocenters. The number of halogens is 3. The van der Waals surface area contributed by atoms with Crippen molar-refractivity contribution in [2.24, 2.45) is 5.73 Å². The quantitative estimate of drug-likeness (QED) is 0.892. The number of ether oxygens (including phenoxy) is 2. The molecule has 0 amide bonds. The summed E-state index contributed by atoms with van der Waals surface area (Å²) in [5, 5.41) is 7.81. The molecule has 1 saturated heterocycles. The van der Waals surface area contributed by atoms with Crippen molar-refractivity contribution in [2.75, 3.05) is 6.61 Å². The first-order valence-electron chi connectivity index (χ1n) is 8.02. The molecule has 136 valence electrons. The first-order valence-corrected chi connectivity index (χ1v) is 8.02. The second-order valence-electron chi connectivity index (χ2n) is 5.80. The third-order valence-electron chi connectivity index (χ3n) is 3.98. The van der Waals surface area contributed by atoms with E-state index in [0.717, 1.165) is 25.3 Å². The topological polar surface area (TPSA) is 75.2 Å². The first-order chi connectivity index (χ1) is 12.0. The standard InChI is InChI=1S/C16H19F3N4O2/c17-16(18,19)14-7-13(5-4-11(14)8-20)23-9-12(21-22-23)10-25-15-3-1-2-6-24-15/h4-5,7,9,15H,1-3,6,8,10,20H2. The average molecular weight is 356 g/mol. The van der Waals surface area contributed by atoms with Crippen LogP contribution in [0.5, 0.6) is 0 Å². The van der Waals surface area contributed by atoms with Gasteiger partial charge in [-0.2, -0.15) is 13.2 Å². The molecule has 3 rings (SSSR count). The monoisotopic (exact) mass is 356 g/mol.